The van der Waals surface area contributed by atoms with Crippen molar-refractivity contribution in [1.82, 2.24) is 4.98 Å². The number of benzene rings is 4. The van der Waals surface area contributed by atoms with Gasteiger partial charge in [-0.1, -0.05) is 66.7 Å². The number of aromatic nitrogens is 1. The van der Waals surface area contributed by atoms with Crippen LogP contribution in [0.1, 0.15) is 22.3 Å². The van der Waals surface area contributed by atoms with Crippen LogP contribution in [0.15, 0.2) is 103 Å². The summed E-state index contributed by atoms with van der Waals surface area (Å²) in [7, 11) is 0. The Kier molecular flexibility index (Phi) is 3.55. The second-order valence-electron chi connectivity index (χ2n) is 7.96. The molecule has 32 heavy (non-hydrogen) atoms. The Hall–Kier alpha value is -4.37. The molecule has 0 N–H and O–H groups in total. The summed E-state index contributed by atoms with van der Waals surface area (Å²) in [6.07, 6.45) is 1.77. The molecule has 0 saturated carbocycles. The number of pyridine rings is 1. The van der Waals surface area contributed by atoms with Crippen LogP contribution in [0, 0.1) is 0 Å². The van der Waals surface area contributed by atoms with E-state index in [9.17, 15) is 0 Å². The van der Waals surface area contributed by atoms with Gasteiger partial charge in [0.05, 0.1) is 0 Å². The number of hydrogen-bond donors (Lipinski definition) is 0. The normalized spacial score (nSPS) is 15.6. The van der Waals surface area contributed by atoms with E-state index in [4.69, 9.17) is 9.47 Å². The van der Waals surface area contributed by atoms with Crippen LogP contribution in [0.5, 0.6) is 23.1 Å². The molecule has 1 aromatic heterocycles. The molecule has 0 unspecified atom stereocenters. The van der Waals surface area contributed by atoms with E-state index in [1.807, 2.05) is 30.3 Å². The van der Waals surface area contributed by atoms with Gasteiger partial charge in [0.1, 0.15) is 17.2 Å². The Balaban J connectivity index is 1.71. The Labute approximate surface area is 185 Å². The monoisotopic (exact) mass is 411 g/mol. The van der Waals surface area contributed by atoms with Crippen LogP contribution >= 0.6 is 0 Å². The number of para-hydroxylation sites is 2. The number of nitrogens with zero attached hydrogens (tertiary/aromatic N) is 1. The molecule has 0 fully saturated rings. The Bertz CT molecular complexity index is 1530. The van der Waals surface area contributed by atoms with Crippen molar-refractivity contribution in [2.75, 3.05) is 0 Å². The summed E-state index contributed by atoms with van der Waals surface area (Å²) in [4.78, 5) is 4.55. The summed E-state index contributed by atoms with van der Waals surface area (Å²) in [5.74, 6) is 3.15. The first-order valence-electron chi connectivity index (χ1n) is 10.6. The lowest BCUT2D eigenvalue weighted by Gasteiger charge is -2.30. The van der Waals surface area contributed by atoms with E-state index < -0.39 is 0 Å². The molecule has 150 valence electrons. The number of fused-ring (bicyclic) bond motifs is 6. The molecule has 4 aromatic carbocycles. The van der Waals surface area contributed by atoms with E-state index in [0.717, 1.165) is 56.0 Å². The van der Waals surface area contributed by atoms with Crippen LogP contribution in [-0.4, -0.2) is 4.98 Å². The first-order chi connectivity index (χ1) is 15.9. The lowest BCUT2D eigenvalue weighted by atomic mass is 9.81. The minimum atomic E-state index is 0.624. The summed E-state index contributed by atoms with van der Waals surface area (Å²) in [6, 6.07) is 33.1. The van der Waals surface area contributed by atoms with Gasteiger partial charge in [-0.05, 0) is 41.1 Å². The van der Waals surface area contributed by atoms with Crippen molar-refractivity contribution in [2.45, 2.75) is 0 Å². The molecule has 0 radical (unpaired) electrons. The summed E-state index contributed by atoms with van der Waals surface area (Å²) >= 11 is 0. The van der Waals surface area contributed by atoms with Crippen LogP contribution in [0.3, 0.4) is 0 Å². The minimum Gasteiger partial charge on any atom is -0.456 e. The summed E-state index contributed by atoms with van der Waals surface area (Å²) in [5, 5.41) is 2.34. The molecule has 0 aliphatic carbocycles. The van der Waals surface area contributed by atoms with Gasteiger partial charge in [0, 0.05) is 39.6 Å². The lowest BCUT2D eigenvalue weighted by molar-refractivity contribution is 0.454. The van der Waals surface area contributed by atoms with E-state index >= 15 is 0 Å². The van der Waals surface area contributed by atoms with Crippen molar-refractivity contribution in [2.24, 2.45) is 0 Å². The van der Waals surface area contributed by atoms with Gasteiger partial charge in [-0.15, -0.1) is 0 Å². The van der Waals surface area contributed by atoms with Crippen LogP contribution in [0.25, 0.3) is 21.9 Å². The first kappa shape index (κ1) is 17.3. The highest BCUT2D eigenvalue weighted by Gasteiger charge is 2.32. The van der Waals surface area contributed by atoms with Crippen LogP contribution in [-0.2, 0) is 0 Å². The molecule has 3 heteroatoms. The number of rotatable bonds is 0. The minimum absolute atomic E-state index is 0.624. The van der Waals surface area contributed by atoms with Gasteiger partial charge in [0.15, 0.2) is 0 Å². The third-order valence-electron chi connectivity index (χ3n) is 6.17. The predicted octanol–water partition coefficient (Wildman–Crippen LogP) is 7.45. The van der Waals surface area contributed by atoms with Gasteiger partial charge < -0.3 is 9.47 Å². The molecule has 3 heterocycles. The second-order valence-corrected chi connectivity index (χ2v) is 7.96. The molecule has 0 saturated heterocycles. The van der Waals surface area contributed by atoms with Crippen LogP contribution in [0.2, 0.25) is 0 Å². The fourth-order valence-electron chi connectivity index (χ4n) is 4.81. The molecule has 2 aliphatic heterocycles. The Morgan fingerprint density at radius 3 is 2.06 bits per heavy atom. The highest BCUT2D eigenvalue weighted by molar-refractivity contribution is 6.14. The maximum absolute atomic E-state index is 6.40. The Morgan fingerprint density at radius 1 is 0.500 bits per heavy atom. The maximum atomic E-state index is 6.40. The van der Waals surface area contributed by atoms with E-state index in [1.165, 1.54) is 5.39 Å². The molecule has 0 spiro atoms. The zero-order chi connectivity index (χ0) is 21.1. The summed E-state index contributed by atoms with van der Waals surface area (Å²) in [5.41, 5.74) is 6.46. The average Bonchev–Trinajstić information content (AvgIpc) is 2.86. The molecular formula is C29H17NO2. The highest BCUT2D eigenvalue weighted by Crippen LogP contribution is 2.54. The molecule has 0 amide bonds. The van der Waals surface area contributed by atoms with Crippen molar-refractivity contribution in [3.63, 3.8) is 0 Å². The van der Waals surface area contributed by atoms with E-state index in [2.05, 4.69) is 71.7 Å². The van der Waals surface area contributed by atoms with Crippen molar-refractivity contribution in [1.29, 1.82) is 0 Å². The molecule has 5 aromatic rings. The molecule has 7 rings (SSSR count). The third-order valence-corrected chi connectivity index (χ3v) is 6.17. The lowest BCUT2D eigenvalue weighted by Crippen LogP contribution is -2.10. The fourth-order valence-corrected chi connectivity index (χ4v) is 4.81. The topological polar surface area (TPSA) is 31.4 Å². The largest absolute Gasteiger partial charge is 0.456 e. The number of hydrogen-bond acceptors (Lipinski definition) is 3. The molecule has 0 atom stereocenters. The van der Waals surface area contributed by atoms with Crippen molar-refractivity contribution in [3.8, 4) is 23.1 Å². The first-order valence-corrected chi connectivity index (χ1v) is 10.6. The summed E-state index contributed by atoms with van der Waals surface area (Å²) < 4.78 is 12.6. The highest BCUT2D eigenvalue weighted by atomic mass is 16.5. The quantitative estimate of drug-likeness (QED) is 0.260. The van der Waals surface area contributed by atoms with Crippen LogP contribution < -0.4 is 9.47 Å². The van der Waals surface area contributed by atoms with Gasteiger partial charge in [0.2, 0.25) is 5.88 Å². The fraction of sp³-hybridized carbons (Fsp3) is 0. The van der Waals surface area contributed by atoms with Crippen molar-refractivity contribution < 1.29 is 9.47 Å². The third kappa shape index (κ3) is 2.39. The van der Waals surface area contributed by atoms with Crippen molar-refractivity contribution in [3.05, 3.63) is 126 Å². The average molecular weight is 411 g/mol. The number of ether oxygens (including phenoxy) is 2. The van der Waals surface area contributed by atoms with Crippen molar-refractivity contribution >= 4 is 21.9 Å². The summed E-state index contributed by atoms with van der Waals surface area (Å²) in [6.45, 7) is 0. The van der Waals surface area contributed by atoms with Gasteiger partial charge in [0.25, 0.3) is 0 Å². The van der Waals surface area contributed by atoms with Gasteiger partial charge in [-0.25, -0.2) is 4.98 Å². The van der Waals surface area contributed by atoms with Gasteiger partial charge >= 0.3 is 0 Å². The molecule has 3 nitrogen and oxygen atoms in total. The molecule has 2 aliphatic rings. The van der Waals surface area contributed by atoms with Gasteiger partial charge in [-0.2, -0.15) is 0 Å². The second kappa shape index (κ2) is 6.56. The standard InChI is InChI=1S/C29H17NO2/c1-2-9-19-18(8-1)15-16-25-27(19)28(21-11-4-5-13-23(21)31-25)26-20-10-3-6-14-24(20)32-29-22(26)12-7-17-30-29/h1-17H/b28-26+. The smallest absolute Gasteiger partial charge is 0.227 e. The molecule has 0 bridgehead atoms. The van der Waals surface area contributed by atoms with E-state index in [0.29, 0.717) is 5.88 Å². The van der Waals surface area contributed by atoms with Crippen LogP contribution in [0.4, 0.5) is 0 Å². The van der Waals surface area contributed by atoms with Gasteiger partial charge in [-0.3, -0.25) is 0 Å². The molecular weight excluding hydrogens is 394 g/mol. The maximum Gasteiger partial charge on any atom is 0.227 e. The predicted molar refractivity (Wildman–Crippen MR) is 126 cm³/mol. The SMILES string of the molecule is c1ccc2c(c1)Oc1ncccc1/C2=C1\c2ccccc2Oc2ccc3ccccc3c21. The van der Waals surface area contributed by atoms with E-state index in [-0.39, 0.29) is 0 Å². The Morgan fingerprint density at radius 2 is 1.19 bits per heavy atom. The zero-order valence-electron chi connectivity index (χ0n) is 17.1. The zero-order valence-corrected chi connectivity index (χ0v) is 17.1. The van der Waals surface area contributed by atoms with E-state index in [1.54, 1.807) is 6.20 Å².